The van der Waals surface area contributed by atoms with Crippen molar-refractivity contribution < 1.29 is 14.6 Å². The van der Waals surface area contributed by atoms with Gasteiger partial charge in [-0.25, -0.2) is 9.48 Å². The Balaban J connectivity index is 2.46. The van der Waals surface area contributed by atoms with E-state index in [0.29, 0.717) is 0 Å². The van der Waals surface area contributed by atoms with Gasteiger partial charge in [0.2, 0.25) is 0 Å². The molecule has 0 saturated carbocycles. The van der Waals surface area contributed by atoms with Gasteiger partial charge in [-0.2, -0.15) is 0 Å². The fraction of sp³-hybridized carbons (Fsp3) is 0.583. The Hall–Kier alpha value is -2.34. The van der Waals surface area contributed by atoms with Crippen molar-refractivity contribution in [1.29, 1.82) is 0 Å². The van der Waals surface area contributed by atoms with Crippen molar-refractivity contribution >= 4 is 12.4 Å². The van der Waals surface area contributed by atoms with Gasteiger partial charge in [0.05, 0.1) is 5.56 Å². The molecule has 0 unspecified atom stereocenters. The number of unbranched alkanes of at least 4 members (excludes halogenated alkanes) is 3. The average molecular weight is 416 g/mol. The van der Waals surface area contributed by atoms with E-state index >= 15 is 0 Å². The van der Waals surface area contributed by atoms with E-state index in [0.717, 1.165) is 64.0 Å². The Morgan fingerprint density at radius 3 is 1.93 bits per heavy atom. The van der Waals surface area contributed by atoms with Crippen molar-refractivity contribution in [2.24, 2.45) is 0 Å². The van der Waals surface area contributed by atoms with Gasteiger partial charge in [0.1, 0.15) is 0 Å². The normalized spacial score (nSPS) is 14.0. The zero-order valence-electron chi connectivity index (χ0n) is 19.3. The molecule has 2 aliphatic rings. The van der Waals surface area contributed by atoms with E-state index in [-0.39, 0.29) is 6.61 Å². The maximum atomic E-state index is 12.6. The highest BCUT2D eigenvalue weighted by atomic mass is 16.5. The smallest absolute Gasteiger partial charge is 0.184 e. The van der Waals surface area contributed by atoms with Gasteiger partial charge in [-0.15, -0.1) is 0 Å². The summed E-state index contributed by atoms with van der Waals surface area (Å²) in [5, 5.41) is 34.0. The third-order valence-electron chi connectivity index (χ3n) is 5.10. The number of nitrogens with zero attached hydrogens (tertiary/aromatic N) is 3. The third kappa shape index (κ3) is 6.33. The maximum Gasteiger partial charge on any atom is 0.184 e. The first-order chi connectivity index (χ1) is 13.9. The quantitative estimate of drug-likeness (QED) is 0.225. The Morgan fingerprint density at radius 1 is 0.800 bits per heavy atom. The van der Waals surface area contributed by atoms with Gasteiger partial charge in [0, 0.05) is 78.2 Å². The lowest BCUT2D eigenvalue weighted by atomic mass is 10.0. The molecule has 0 aromatic rings. The Labute approximate surface area is 180 Å². The summed E-state index contributed by atoms with van der Waals surface area (Å²) in [6.45, 7) is 12.3. The zero-order valence-corrected chi connectivity index (χ0v) is 19.3. The molecular formula is C24H37N3O3. The molecule has 0 bridgehead atoms. The van der Waals surface area contributed by atoms with Crippen LogP contribution in [0.5, 0.6) is 0 Å². The summed E-state index contributed by atoms with van der Waals surface area (Å²) in [6.07, 6.45) is 11.2. The van der Waals surface area contributed by atoms with Gasteiger partial charge >= 0.3 is 0 Å². The molecular weight excluding hydrogens is 378 g/mol. The first kappa shape index (κ1) is 23.9. The van der Waals surface area contributed by atoms with Crippen LogP contribution in [0.3, 0.4) is 0 Å². The number of rotatable bonds is 8. The first-order valence-corrected chi connectivity index (χ1v) is 10.8. The van der Waals surface area contributed by atoms with E-state index in [2.05, 4.69) is 10.8 Å². The lowest BCUT2D eigenvalue weighted by Crippen LogP contribution is -2.29. The van der Waals surface area contributed by atoms with Gasteiger partial charge in [0.25, 0.3) is 0 Å². The topological polar surface area (TPSA) is 77.3 Å². The van der Waals surface area contributed by atoms with Gasteiger partial charge in [-0.05, 0) is 24.5 Å². The standard InChI is InChI=1S/C24H37N3O3/c1-23(2,3)26(29)16-19-11-12-21-20(17-27(30)24(4,5)6)15-25(18-22(19)21)13-9-7-8-10-14-28/h11-12,15-18,28H,7-10,13-14H2,1-6H3/b26-16-,27-17-. The highest BCUT2D eigenvalue weighted by Gasteiger charge is 2.23. The lowest BCUT2D eigenvalue weighted by Gasteiger charge is -2.20. The summed E-state index contributed by atoms with van der Waals surface area (Å²) in [6, 6.07) is 3.92. The average Bonchev–Trinajstić information content (AvgIpc) is 3.03. The number of hydrogen-bond acceptors (Lipinski definition) is 3. The number of hydrogen-bond donors (Lipinski definition) is 1. The zero-order chi connectivity index (χ0) is 22.5. The van der Waals surface area contributed by atoms with E-state index in [9.17, 15) is 10.4 Å². The molecule has 0 aromatic carbocycles. The molecule has 1 heterocycles. The molecule has 0 amide bonds. The Kier molecular flexibility index (Phi) is 7.70. The van der Waals surface area contributed by atoms with Crippen LogP contribution >= 0.6 is 0 Å². The second-order valence-corrected chi connectivity index (χ2v) is 9.96. The molecule has 0 radical (unpaired) electrons. The summed E-state index contributed by atoms with van der Waals surface area (Å²) in [5.74, 6) is 0. The minimum Gasteiger partial charge on any atom is -0.623 e. The maximum absolute atomic E-state index is 12.6. The monoisotopic (exact) mass is 415 g/mol. The molecule has 0 fully saturated rings. The van der Waals surface area contributed by atoms with Gasteiger partial charge in [0.15, 0.2) is 23.5 Å². The summed E-state index contributed by atoms with van der Waals surface area (Å²) in [4.78, 5) is 0. The molecule has 0 atom stereocenters. The third-order valence-corrected chi connectivity index (χ3v) is 5.10. The molecule has 1 aliphatic carbocycles. The van der Waals surface area contributed by atoms with Crippen LogP contribution in [-0.2, 0) is 6.54 Å². The molecule has 0 spiro atoms. The van der Waals surface area contributed by atoms with Crippen LogP contribution in [0, 0.1) is 10.4 Å². The predicted molar refractivity (Wildman–Crippen MR) is 124 cm³/mol. The predicted octanol–water partition coefficient (Wildman–Crippen LogP) is 4.60. The van der Waals surface area contributed by atoms with E-state index in [1.54, 1.807) is 12.4 Å². The summed E-state index contributed by atoms with van der Waals surface area (Å²) >= 11 is 0. The molecule has 166 valence electrons. The van der Waals surface area contributed by atoms with Gasteiger partial charge in [-0.3, -0.25) is 0 Å². The fourth-order valence-corrected chi connectivity index (χ4v) is 3.10. The van der Waals surface area contributed by atoms with Crippen LogP contribution < -0.4 is 0 Å². The van der Waals surface area contributed by atoms with Crippen LogP contribution in [0.1, 0.15) is 78.4 Å². The number of aliphatic hydroxyl groups is 1. The number of aliphatic hydroxyl groups excluding tert-OH is 1. The van der Waals surface area contributed by atoms with Crippen LogP contribution in [0.4, 0.5) is 0 Å². The Bertz CT molecular complexity index is 867. The molecule has 1 aliphatic heterocycles. The van der Waals surface area contributed by atoms with Crippen molar-refractivity contribution in [3.63, 3.8) is 0 Å². The van der Waals surface area contributed by atoms with Gasteiger partial charge < -0.3 is 20.1 Å². The molecule has 6 heteroatoms. The second kappa shape index (κ2) is 9.65. The second-order valence-electron chi connectivity index (χ2n) is 9.96. The van der Waals surface area contributed by atoms with Gasteiger partial charge in [-0.1, -0.05) is 18.9 Å². The molecule has 0 saturated heterocycles. The van der Waals surface area contributed by atoms with E-state index in [1.165, 1.54) is 0 Å². The molecule has 1 N–H and O–H groups in total. The van der Waals surface area contributed by atoms with Crippen molar-refractivity contribution in [3.8, 4) is 11.1 Å². The highest BCUT2D eigenvalue weighted by molar-refractivity contribution is 5.96. The number of fused-ring (bicyclic) bond motifs is 1. The SMILES string of the molecule is CC(C)(C)/[N+]([O-])=C/c1cn(CCCCCCO)cc2c(/C=[N+](\[O-])C(C)(C)C)ccc1-2. The van der Waals surface area contributed by atoms with E-state index < -0.39 is 11.1 Å². The van der Waals surface area contributed by atoms with Crippen LogP contribution in [0.2, 0.25) is 0 Å². The number of aromatic nitrogens is 1. The summed E-state index contributed by atoms with van der Waals surface area (Å²) in [7, 11) is 0. The van der Waals surface area contributed by atoms with Crippen molar-refractivity contribution in [3.05, 3.63) is 46.1 Å². The van der Waals surface area contributed by atoms with E-state index in [4.69, 9.17) is 5.11 Å². The molecule has 0 aromatic heterocycles. The first-order valence-electron chi connectivity index (χ1n) is 10.8. The number of aryl methyl sites for hydroxylation is 1. The number of hydroxylamine groups is 2. The fourth-order valence-electron chi connectivity index (χ4n) is 3.10. The largest absolute Gasteiger partial charge is 0.623 e. The molecule has 30 heavy (non-hydrogen) atoms. The summed E-state index contributed by atoms with van der Waals surface area (Å²) in [5.41, 5.74) is 2.58. The number of pyridine rings is 1. The van der Waals surface area contributed by atoms with Crippen molar-refractivity contribution in [1.82, 2.24) is 4.57 Å². The minimum atomic E-state index is -0.531. The van der Waals surface area contributed by atoms with Crippen LogP contribution in [-0.4, -0.2) is 49.3 Å². The lowest BCUT2D eigenvalue weighted by molar-refractivity contribution is -0.530. The molecule has 6 nitrogen and oxygen atoms in total. The minimum absolute atomic E-state index is 0.233. The van der Waals surface area contributed by atoms with Crippen LogP contribution in [0.15, 0.2) is 24.5 Å². The summed E-state index contributed by atoms with van der Waals surface area (Å²) < 4.78 is 4.07. The van der Waals surface area contributed by atoms with Crippen molar-refractivity contribution in [2.45, 2.75) is 84.8 Å². The van der Waals surface area contributed by atoms with E-state index in [1.807, 2.05) is 59.9 Å². The van der Waals surface area contributed by atoms with Crippen LogP contribution in [0.25, 0.3) is 11.1 Å². The highest BCUT2D eigenvalue weighted by Crippen LogP contribution is 2.30. The van der Waals surface area contributed by atoms with Crippen molar-refractivity contribution in [2.75, 3.05) is 6.61 Å². The molecule has 2 rings (SSSR count). The Morgan fingerprint density at radius 2 is 1.37 bits per heavy atom.